The molecule has 2 heterocycles. The van der Waals surface area contributed by atoms with E-state index in [1.54, 1.807) is 8.61 Å². The maximum atomic E-state index is 12.6. The second-order valence-corrected chi connectivity index (χ2v) is 7.54. The zero-order valence-electron chi connectivity index (χ0n) is 12.2. The van der Waals surface area contributed by atoms with E-state index in [1.807, 2.05) is 6.92 Å². The first kappa shape index (κ1) is 16.2. The van der Waals surface area contributed by atoms with Crippen molar-refractivity contribution in [1.29, 1.82) is 0 Å². The molecule has 118 valence electrons. The molecule has 0 spiro atoms. The summed E-state index contributed by atoms with van der Waals surface area (Å²) in [5, 5.41) is 8.74. The van der Waals surface area contributed by atoms with E-state index in [-0.39, 0.29) is 18.8 Å². The van der Waals surface area contributed by atoms with Crippen molar-refractivity contribution in [3.8, 4) is 0 Å². The molecule has 0 aromatic rings. The van der Waals surface area contributed by atoms with E-state index >= 15 is 0 Å². The molecule has 2 aliphatic heterocycles. The van der Waals surface area contributed by atoms with E-state index in [0.717, 1.165) is 19.3 Å². The van der Waals surface area contributed by atoms with E-state index in [4.69, 9.17) is 9.84 Å². The van der Waals surface area contributed by atoms with Gasteiger partial charge in [-0.25, -0.2) is 0 Å². The minimum Gasteiger partial charge on any atom is -0.394 e. The minimum absolute atomic E-state index is 0.0177. The highest BCUT2D eigenvalue weighted by Crippen LogP contribution is 2.25. The van der Waals surface area contributed by atoms with E-state index in [2.05, 4.69) is 0 Å². The Labute approximate surface area is 121 Å². The molecule has 6 nitrogen and oxygen atoms in total. The molecule has 7 heteroatoms. The molecule has 2 rings (SSSR count). The van der Waals surface area contributed by atoms with Gasteiger partial charge in [0.25, 0.3) is 10.2 Å². The molecule has 0 aliphatic carbocycles. The van der Waals surface area contributed by atoms with Crippen molar-refractivity contribution in [1.82, 2.24) is 8.61 Å². The van der Waals surface area contributed by atoms with Gasteiger partial charge in [0, 0.05) is 25.7 Å². The van der Waals surface area contributed by atoms with Gasteiger partial charge < -0.3 is 9.84 Å². The third-order valence-corrected chi connectivity index (χ3v) is 6.36. The quantitative estimate of drug-likeness (QED) is 0.806. The van der Waals surface area contributed by atoms with Crippen LogP contribution in [0.2, 0.25) is 0 Å². The van der Waals surface area contributed by atoms with E-state index in [1.165, 1.54) is 0 Å². The lowest BCUT2D eigenvalue weighted by atomic mass is 10.1. The number of hydrogen-bond donors (Lipinski definition) is 1. The van der Waals surface area contributed by atoms with Crippen molar-refractivity contribution in [2.45, 2.75) is 51.2 Å². The Balaban J connectivity index is 1.91. The van der Waals surface area contributed by atoms with Crippen LogP contribution >= 0.6 is 0 Å². The molecule has 1 atom stereocenters. The molecular formula is C13H26N2O4S. The van der Waals surface area contributed by atoms with Gasteiger partial charge in [-0.15, -0.1) is 0 Å². The molecule has 0 radical (unpaired) electrons. The Kier molecular flexibility index (Phi) is 5.80. The van der Waals surface area contributed by atoms with Crippen molar-refractivity contribution < 1.29 is 18.3 Å². The van der Waals surface area contributed by atoms with Gasteiger partial charge >= 0.3 is 0 Å². The summed E-state index contributed by atoms with van der Waals surface area (Å²) in [4.78, 5) is 0. The molecule has 2 saturated heterocycles. The summed E-state index contributed by atoms with van der Waals surface area (Å²) in [6.45, 7) is 4.02. The van der Waals surface area contributed by atoms with Gasteiger partial charge in [-0.3, -0.25) is 0 Å². The predicted molar refractivity (Wildman–Crippen MR) is 76.6 cm³/mol. The third kappa shape index (κ3) is 3.71. The Hall–Kier alpha value is -0.210. The van der Waals surface area contributed by atoms with Crippen LogP contribution in [-0.2, 0) is 14.9 Å². The average Bonchev–Trinajstić information content (AvgIpc) is 2.46. The summed E-state index contributed by atoms with van der Waals surface area (Å²) < 4.78 is 34.0. The lowest BCUT2D eigenvalue weighted by molar-refractivity contribution is 0.00231. The molecule has 2 aliphatic rings. The second-order valence-electron chi connectivity index (χ2n) is 5.66. The predicted octanol–water partition coefficient (Wildman–Crippen LogP) is 0.579. The second kappa shape index (κ2) is 7.17. The van der Waals surface area contributed by atoms with Crippen LogP contribution in [0.3, 0.4) is 0 Å². The monoisotopic (exact) mass is 306 g/mol. The first-order valence-corrected chi connectivity index (χ1v) is 8.95. The number of hydrogen-bond acceptors (Lipinski definition) is 4. The van der Waals surface area contributed by atoms with Crippen LogP contribution in [0, 0.1) is 0 Å². The lowest BCUT2D eigenvalue weighted by Gasteiger charge is -2.38. The van der Waals surface area contributed by atoms with Gasteiger partial charge in [0.2, 0.25) is 0 Å². The van der Waals surface area contributed by atoms with E-state index in [9.17, 15) is 8.42 Å². The maximum Gasteiger partial charge on any atom is 0.282 e. The van der Waals surface area contributed by atoms with Gasteiger partial charge in [0.1, 0.15) is 0 Å². The molecular weight excluding hydrogens is 280 g/mol. The number of ether oxygens (including phenoxy) is 1. The van der Waals surface area contributed by atoms with Crippen LogP contribution in [0.25, 0.3) is 0 Å². The fourth-order valence-corrected chi connectivity index (χ4v) is 4.90. The Morgan fingerprint density at radius 1 is 1.15 bits per heavy atom. The van der Waals surface area contributed by atoms with Gasteiger partial charge in [0.05, 0.1) is 19.3 Å². The summed E-state index contributed by atoms with van der Waals surface area (Å²) >= 11 is 0. The molecule has 2 fully saturated rings. The molecule has 0 amide bonds. The first-order chi connectivity index (χ1) is 9.55. The van der Waals surface area contributed by atoms with Gasteiger partial charge in [-0.1, -0.05) is 6.42 Å². The van der Waals surface area contributed by atoms with Crippen molar-refractivity contribution in [3.05, 3.63) is 0 Å². The zero-order valence-corrected chi connectivity index (χ0v) is 13.0. The van der Waals surface area contributed by atoms with E-state index < -0.39 is 10.2 Å². The lowest BCUT2D eigenvalue weighted by Crippen LogP contribution is -2.52. The average molecular weight is 306 g/mol. The minimum atomic E-state index is -3.32. The fraction of sp³-hybridized carbons (Fsp3) is 1.00. The molecule has 20 heavy (non-hydrogen) atoms. The van der Waals surface area contributed by atoms with Crippen molar-refractivity contribution in [2.24, 2.45) is 0 Å². The number of aliphatic hydroxyl groups excluding tert-OH is 1. The molecule has 0 aromatic carbocycles. The van der Waals surface area contributed by atoms with Crippen LogP contribution in [-0.4, -0.2) is 67.1 Å². The fourth-order valence-electron chi connectivity index (χ4n) is 3.01. The van der Waals surface area contributed by atoms with Gasteiger partial charge in [-0.05, 0) is 32.6 Å². The normalized spacial score (nSPS) is 27.8. The van der Waals surface area contributed by atoms with Crippen molar-refractivity contribution >= 4 is 10.2 Å². The molecule has 0 bridgehead atoms. The summed E-state index contributed by atoms with van der Waals surface area (Å²) in [6, 6.07) is 0.108. The van der Waals surface area contributed by atoms with Gasteiger partial charge in [0.15, 0.2) is 0 Å². The van der Waals surface area contributed by atoms with E-state index in [0.29, 0.717) is 39.1 Å². The Morgan fingerprint density at radius 2 is 1.85 bits per heavy atom. The number of rotatable bonds is 5. The molecule has 0 aromatic heterocycles. The highest BCUT2D eigenvalue weighted by molar-refractivity contribution is 7.86. The topological polar surface area (TPSA) is 70.1 Å². The molecule has 0 saturated carbocycles. The standard InChI is InChI=1S/C13H26N2O4S/c1-12-4-2-3-7-15(12)20(17,18)14-8-5-13(6-9-14)19-11-10-16/h12-13,16H,2-11H2,1H3. The summed E-state index contributed by atoms with van der Waals surface area (Å²) in [5.74, 6) is 0. The van der Waals surface area contributed by atoms with Crippen molar-refractivity contribution in [3.63, 3.8) is 0 Å². The largest absolute Gasteiger partial charge is 0.394 e. The third-order valence-electron chi connectivity index (χ3n) is 4.21. The number of aliphatic hydroxyl groups is 1. The van der Waals surface area contributed by atoms with Crippen LogP contribution in [0.4, 0.5) is 0 Å². The number of nitrogens with zero attached hydrogens (tertiary/aromatic N) is 2. The Morgan fingerprint density at radius 3 is 2.45 bits per heavy atom. The van der Waals surface area contributed by atoms with Crippen molar-refractivity contribution in [2.75, 3.05) is 32.8 Å². The molecule has 1 N–H and O–H groups in total. The van der Waals surface area contributed by atoms with Gasteiger partial charge in [-0.2, -0.15) is 17.0 Å². The summed E-state index contributed by atoms with van der Waals surface area (Å²) in [7, 11) is -3.32. The first-order valence-electron chi connectivity index (χ1n) is 7.55. The highest BCUT2D eigenvalue weighted by Gasteiger charge is 2.36. The molecule has 1 unspecified atom stereocenters. The Bertz CT molecular complexity index is 393. The smallest absolute Gasteiger partial charge is 0.282 e. The summed E-state index contributed by atoms with van der Waals surface area (Å²) in [6.07, 6.45) is 4.52. The van der Waals surface area contributed by atoms with Crippen LogP contribution < -0.4 is 0 Å². The maximum absolute atomic E-state index is 12.6. The van der Waals surface area contributed by atoms with Crippen LogP contribution in [0.1, 0.15) is 39.0 Å². The van der Waals surface area contributed by atoms with Crippen LogP contribution in [0.5, 0.6) is 0 Å². The summed E-state index contributed by atoms with van der Waals surface area (Å²) in [5.41, 5.74) is 0. The highest BCUT2D eigenvalue weighted by atomic mass is 32.2. The number of piperidine rings is 2. The zero-order chi connectivity index (χ0) is 14.6. The van der Waals surface area contributed by atoms with Crippen LogP contribution in [0.15, 0.2) is 0 Å². The SMILES string of the molecule is CC1CCCCN1S(=O)(=O)N1CCC(OCCO)CC1.